The molecule has 0 heterocycles. The Kier molecular flexibility index (Phi) is 3.86. The van der Waals surface area contributed by atoms with E-state index in [9.17, 15) is 0 Å². The maximum atomic E-state index is 5.59. The molecule has 3 N–H and O–H groups in total. The van der Waals surface area contributed by atoms with Gasteiger partial charge < -0.3 is 11.1 Å². The normalized spacial score (nSPS) is 10.3. The summed E-state index contributed by atoms with van der Waals surface area (Å²) in [6.45, 7) is 6.35. The van der Waals surface area contributed by atoms with E-state index >= 15 is 0 Å². The molecule has 0 unspecified atom stereocenters. The van der Waals surface area contributed by atoms with Crippen molar-refractivity contribution in [1.29, 1.82) is 0 Å². The van der Waals surface area contributed by atoms with Gasteiger partial charge in [0.15, 0.2) is 0 Å². The fourth-order valence-corrected chi connectivity index (χ4v) is 2.38. The third kappa shape index (κ3) is 3.12. The van der Waals surface area contributed by atoms with Crippen molar-refractivity contribution in [2.24, 2.45) is 5.73 Å². The first-order valence-corrected chi connectivity index (χ1v) is 6.63. The average Bonchev–Trinajstić information content (AvgIpc) is 2.34. The second-order valence-corrected chi connectivity index (χ2v) is 5.28. The van der Waals surface area contributed by atoms with E-state index in [1.165, 1.54) is 16.7 Å². The lowest BCUT2D eigenvalue weighted by molar-refractivity contribution is 1.31. The first-order chi connectivity index (χ1) is 8.97. The van der Waals surface area contributed by atoms with Crippen LogP contribution in [-0.2, 0) is 0 Å². The molecule has 0 amide bonds. The molecule has 0 atom stereocenters. The molecule has 2 aromatic rings. The Balaban J connectivity index is 2.29. The lowest BCUT2D eigenvalue weighted by Gasteiger charge is -2.14. The largest absolute Gasteiger partial charge is 0.389 e. The van der Waals surface area contributed by atoms with Crippen molar-refractivity contribution in [2.75, 3.05) is 5.32 Å². The fourth-order valence-electron chi connectivity index (χ4n) is 2.24. The first-order valence-electron chi connectivity index (χ1n) is 6.22. The molecule has 2 nitrogen and oxygen atoms in total. The Bertz CT molecular complexity index is 592. The molecule has 3 heteroatoms. The molecule has 98 valence electrons. The Morgan fingerprint density at radius 2 is 1.53 bits per heavy atom. The molecule has 0 fully saturated rings. The van der Waals surface area contributed by atoms with Gasteiger partial charge >= 0.3 is 0 Å². The Hall–Kier alpha value is -1.87. The second kappa shape index (κ2) is 5.41. The summed E-state index contributed by atoms with van der Waals surface area (Å²) in [5, 5.41) is 3.45. The smallest absolute Gasteiger partial charge is 0.103 e. The lowest BCUT2D eigenvalue weighted by Crippen LogP contribution is -2.08. The van der Waals surface area contributed by atoms with Crippen LogP contribution < -0.4 is 11.1 Å². The van der Waals surface area contributed by atoms with Crippen molar-refractivity contribution in [3.05, 3.63) is 58.7 Å². The highest BCUT2D eigenvalue weighted by Crippen LogP contribution is 2.25. The highest BCUT2D eigenvalue weighted by Gasteiger charge is 2.04. The summed E-state index contributed by atoms with van der Waals surface area (Å²) in [5.41, 5.74) is 12.5. The summed E-state index contributed by atoms with van der Waals surface area (Å²) in [6, 6.07) is 12.2. The van der Waals surface area contributed by atoms with Gasteiger partial charge in [0.2, 0.25) is 0 Å². The molecule has 0 saturated carbocycles. The summed E-state index contributed by atoms with van der Waals surface area (Å²) in [4.78, 5) is 0.425. The molecule has 0 aliphatic rings. The van der Waals surface area contributed by atoms with E-state index in [2.05, 4.69) is 38.2 Å². The zero-order chi connectivity index (χ0) is 14.0. The van der Waals surface area contributed by atoms with Gasteiger partial charge in [0.25, 0.3) is 0 Å². The van der Waals surface area contributed by atoms with E-state index in [0.29, 0.717) is 4.99 Å². The van der Waals surface area contributed by atoms with Gasteiger partial charge in [0, 0.05) is 16.9 Å². The van der Waals surface area contributed by atoms with Crippen LogP contribution >= 0.6 is 12.2 Å². The van der Waals surface area contributed by atoms with E-state index < -0.39 is 0 Å². The highest BCUT2D eigenvalue weighted by molar-refractivity contribution is 7.80. The van der Waals surface area contributed by atoms with Gasteiger partial charge in [-0.3, -0.25) is 0 Å². The molecule has 0 saturated heterocycles. The van der Waals surface area contributed by atoms with Gasteiger partial charge in [-0.1, -0.05) is 29.9 Å². The van der Waals surface area contributed by atoms with Crippen LogP contribution in [0, 0.1) is 20.8 Å². The van der Waals surface area contributed by atoms with Gasteiger partial charge in [-0.05, 0) is 56.2 Å². The molecule has 19 heavy (non-hydrogen) atoms. The summed E-state index contributed by atoms with van der Waals surface area (Å²) in [7, 11) is 0. The minimum absolute atomic E-state index is 0.425. The van der Waals surface area contributed by atoms with E-state index in [1.807, 2.05) is 24.3 Å². The number of rotatable bonds is 3. The number of hydrogen-bond donors (Lipinski definition) is 2. The topological polar surface area (TPSA) is 38.0 Å². The van der Waals surface area contributed by atoms with Crippen molar-refractivity contribution in [3.8, 4) is 0 Å². The molecular formula is C16H18N2S. The maximum absolute atomic E-state index is 5.59. The van der Waals surface area contributed by atoms with Crippen molar-refractivity contribution in [1.82, 2.24) is 0 Å². The van der Waals surface area contributed by atoms with Crippen LogP contribution in [0.5, 0.6) is 0 Å². The monoisotopic (exact) mass is 270 g/mol. The van der Waals surface area contributed by atoms with Gasteiger partial charge in [-0.2, -0.15) is 0 Å². The van der Waals surface area contributed by atoms with Crippen molar-refractivity contribution >= 4 is 28.6 Å². The molecule has 0 bridgehead atoms. The number of thiocarbonyl (C=S) groups is 1. The third-order valence-corrected chi connectivity index (χ3v) is 3.35. The molecule has 0 radical (unpaired) electrons. The Labute approximate surface area is 119 Å². The molecule has 2 aromatic carbocycles. The summed E-state index contributed by atoms with van der Waals surface area (Å²) >= 11 is 4.95. The predicted molar refractivity (Wildman–Crippen MR) is 86.3 cm³/mol. The highest BCUT2D eigenvalue weighted by atomic mass is 32.1. The lowest BCUT2D eigenvalue weighted by atomic mass is 10.0. The third-order valence-electron chi connectivity index (χ3n) is 3.12. The van der Waals surface area contributed by atoms with Crippen LogP contribution in [0.25, 0.3) is 0 Å². The van der Waals surface area contributed by atoms with Crippen LogP contribution in [0.2, 0.25) is 0 Å². The predicted octanol–water partition coefficient (Wildman–Crippen LogP) is 3.99. The summed E-state index contributed by atoms with van der Waals surface area (Å²) < 4.78 is 0. The quantitative estimate of drug-likeness (QED) is 0.828. The summed E-state index contributed by atoms with van der Waals surface area (Å²) in [5.74, 6) is 0. The maximum Gasteiger partial charge on any atom is 0.103 e. The number of hydrogen-bond acceptors (Lipinski definition) is 2. The number of nitrogens with one attached hydrogen (secondary N) is 1. The zero-order valence-corrected chi connectivity index (χ0v) is 12.3. The number of anilines is 2. The standard InChI is InChI=1S/C16H18N2S/c1-10-8-11(2)15(12(3)9-10)18-14-6-4-13(5-7-14)16(17)19/h4-9,18H,1-3H3,(H2,17,19). The van der Waals surface area contributed by atoms with Gasteiger partial charge in [0.1, 0.15) is 4.99 Å². The van der Waals surface area contributed by atoms with Crippen LogP contribution in [0.15, 0.2) is 36.4 Å². The van der Waals surface area contributed by atoms with Gasteiger partial charge in [-0.15, -0.1) is 0 Å². The van der Waals surface area contributed by atoms with Crippen molar-refractivity contribution in [2.45, 2.75) is 20.8 Å². The molecule has 0 aliphatic heterocycles. The SMILES string of the molecule is Cc1cc(C)c(Nc2ccc(C(N)=S)cc2)c(C)c1. The van der Waals surface area contributed by atoms with Crippen LogP contribution in [0.1, 0.15) is 22.3 Å². The Morgan fingerprint density at radius 1 is 1.00 bits per heavy atom. The van der Waals surface area contributed by atoms with Gasteiger partial charge in [0.05, 0.1) is 0 Å². The minimum atomic E-state index is 0.425. The number of aryl methyl sites for hydroxylation is 3. The fraction of sp³-hybridized carbons (Fsp3) is 0.188. The Morgan fingerprint density at radius 3 is 2.00 bits per heavy atom. The van der Waals surface area contributed by atoms with Crippen molar-refractivity contribution < 1.29 is 0 Å². The minimum Gasteiger partial charge on any atom is -0.389 e. The average molecular weight is 270 g/mol. The molecule has 0 spiro atoms. The molecule has 0 aromatic heterocycles. The van der Waals surface area contributed by atoms with Crippen molar-refractivity contribution in [3.63, 3.8) is 0 Å². The van der Waals surface area contributed by atoms with Crippen LogP contribution in [0.4, 0.5) is 11.4 Å². The molecule has 0 aliphatic carbocycles. The molecule has 2 rings (SSSR count). The zero-order valence-electron chi connectivity index (χ0n) is 11.4. The first kappa shape index (κ1) is 13.6. The summed E-state index contributed by atoms with van der Waals surface area (Å²) in [6.07, 6.45) is 0. The van der Waals surface area contributed by atoms with Gasteiger partial charge in [-0.25, -0.2) is 0 Å². The van der Waals surface area contributed by atoms with Crippen LogP contribution in [-0.4, -0.2) is 4.99 Å². The van der Waals surface area contributed by atoms with E-state index in [-0.39, 0.29) is 0 Å². The number of nitrogens with two attached hydrogens (primary N) is 1. The number of benzene rings is 2. The van der Waals surface area contributed by atoms with E-state index in [1.54, 1.807) is 0 Å². The van der Waals surface area contributed by atoms with Crippen LogP contribution in [0.3, 0.4) is 0 Å². The van der Waals surface area contributed by atoms with E-state index in [4.69, 9.17) is 18.0 Å². The second-order valence-electron chi connectivity index (χ2n) is 4.84. The van der Waals surface area contributed by atoms with E-state index in [0.717, 1.165) is 16.9 Å². The molecular weight excluding hydrogens is 252 g/mol.